The Balaban J connectivity index is 2.02. The Morgan fingerprint density at radius 1 is 1.35 bits per heavy atom. The van der Waals surface area contributed by atoms with Crippen LogP contribution in [0.1, 0.15) is 25.3 Å². The summed E-state index contributed by atoms with van der Waals surface area (Å²) in [5, 5.41) is 0. The van der Waals surface area contributed by atoms with Gasteiger partial charge in [-0.05, 0) is 57.0 Å². The highest BCUT2D eigenvalue weighted by atomic mass is 79.9. The Morgan fingerprint density at radius 3 is 2.70 bits per heavy atom. The van der Waals surface area contributed by atoms with Gasteiger partial charge in [-0.1, -0.05) is 22.0 Å². The first kappa shape index (κ1) is 15.8. The summed E-state index contributed by atoms with van der Waals surface area (Å²) in [6.07, 6.45) is 3.64. The highest BCUT2D eigenvalue weighted by Crippen LogP contribution is 2.25. The Bertz CT molecular complexity index is 428. The topological polar surface area (TPSA) is 32.5 Å². The van der Waals surface area contributed by atoms with E-state index in [1.807, 2.05) is 0 Å². The van der Waals surface area contributed by atoms with Crippen molar-refractivity contribution in [3.63, 3.8) is 0 Å². The number of likely N-dealkylation sites (N-methyl/N-ethyl adjacent to an activating group) is 1. The van der Waals surface area contributed by atoms with E-state index in [4.69, 9.17) is 5.73 Å². The highest BCUT2D eigenvalue weighted by molar-refractivity contribution is 9.10. The Labute approximate surface area is 131 Å². The Hall–Kier alpha value is -0.580. The number of likely N-dealkylation sites (tertiary alicyclic amines) is 1. The quantitative estimate of drug-likeness (QED) is 0.864. The van der Waals surface area contributed by atoms with Crippen molar-refractivity contribution in [2.45, 2.75) is 32.2 Å². The molecule has 2 N–H and O–H groups in total. The second-order valence-corrected chi connectivity index (χ2v) is 6.84. The molecule has 20 heavy (non-hydrogen) atoms. The fourth-order valence-electron chi connectivity index (χ4n) is 2.83. The standard InChI is InChI=1S/C16H26BrN3/c1-13(18)11-14-5-6-15(17)12-16(14)19(2)9-10-20-7-3-4-8-20/h5-6,12-13H,3-4,7-11,18H2,1-2H3. The van der Waals surface area contributed by atoms with E-state index < -0.39 is 0 Å². The summed E-state index contributed by atoms with van der Waals surface area (Å²) >= 11 is 3.58. The van der Waals surface area contributed by atoms with E-state index in [9.17, 15) is 0 Å². The van der Waals surface area contributed by atoms with Crippen LogP contribution in [-0.4, -0.2) is 44.2 Å². The minimum atomic E-state index is 0.196. The van der Waals surface area contributed by atoms with Crippen LogP contribution in [0.4, 0.5) is 5.69 Å². The van der Waals surface area contributed by atoms with Crippen LogP contribution in [0, 0.1) is 0 Å². The van der Waals surface area contributed by atoms with Crippen LogP contribution in [0.15, 0.2) is 22.7 Å². The van der Waals surface area contributed by atoms with E-state index >= 15 is 0 Å². The van der Waals surface area contributed by atoms with Crippen molar-refractivity contribution in [2.75, 3.05) is 38.1 Å². The second kappa shape index (κ2) is 7.43. The molecule has 4 heteroatoms. The lowest BCUT2D eigenvalue weighted by atomic mass is 10.0. The lowest BCUT2D eigenvalue weighted by molar-refractivity contribution is 0.346. The maximum absolute atomic E-state index is 5.97. The molecular weight excluding hydrogens is 314 g/mol. The van der Waals surface area contributed by atoms with E-state index in [1.165, 1.54) is 37.2 Å². The van der Waals surface area contributed by atoms with Gasteiger partial charge in [0.2, 0.25) is 0 Å². The minimum absolute atomic E-state index is 0.196. The maximum atomic E-state index is 5.97. The van der Waals surface area contributed by atoms with Crippen LogP contribution in [0.25, 0.3) is 0 Å². The van der Waals surface area contributed by atoms with Crippen molar-refractivity contribution >= 4 is 21.6 Å². The van der Waals surface area contributed by atoms with Crippen molar-refractivity contribution in [3.8, 4) is 0 Å². The lowest BCUT2D eigenvalue weighted by Crippen LogP contribution is -2.32. The number of nitrogens with two attached hydrogens (primary N) is 1. The molecule has 1 aliphatic rings. The Kier molecular flexibility index (Phi) is 5.87. The summed E-state index contributed by atoms with van der Waals surface area (Å²) in [4.78, 5) is 4.92. The van der Waals surface area contributed by atoms with Gasteiger partial charge in [-0.2, -0.15) is 0 Å². The summed E-state index contributed by atoms with van der Waals surface area (Å²) in [5.74, 6) is 0. The largest absolute Gasteiger partial charge is 0.373 e. The predicted octanol–water partition coefficient (Wildman–Crippen LogP) is 2.87. The smallest absolute Gasteiger partial charge is 0.0408 e. The number of halogens is 1. The molecule has 0 spiro atoms. The molecule has 1 fully saturated rings. The van der Waals surface area contributed by atoms with Gasteiger partial charge in [0.1, 0.15) is 0 Å². The fourth-order valence-corrected chi connectivity index (χ4v) is 3.18. The van der Waals surface area contributed by atoms with Gasteiger partial charge < -0.3 is 15.5 Å². The van der Waals surface area contributed by atoms with E-state index in [1.54, 1.807) is 0 Å². The number of anilines is 1. The molecular formula is C16H26BrN3. The number of benzene rings is 1. The monoisotopic (exact) mass is 339 g/mol. The molecule has 1 unspecified atom stereocenters. The summed E-state index contributed by atoms with van der Waals surface area (Å²) in [6.45, 7) is 6.82. The third-order valence-corrected chi connectivity index (χ3v) is 4.44. The molecule has 0 bridgehead atoms. The fraction of sp³-hybridized carbons (Fsp3) is 0.625. The SMILES string of the molecule is CC(N)Cc1ccc(Br)cc1N(C)CCN1CCCC1. The van der Waals surface area contributed by atoms with Crippen LogP contribution in [0.5, 0.6) is 0 Å². The lowest BCUT2D eigenvalue weighted by Gasteiger charge is -2.26. The summed E-state index contributed by atoms with van der Waals surface area (Å²) < 4.78 is 1.13. The van der Waals surface area contributed by atoms with Gasteiger partial charge >= 0.3 is 0 Å². The minimum Gasteiger partial charge on any atom is -0.373 e. The van der Waals surface area contributed by atoms with E-state index in [-0.39, 0.29) is 6.04 Å². The molecule has 2 rings (SSSR count). The molecule has 1 aromatic rings. The zero-order valence-corrected chi connectivity index (χ0v) is 14.2. The number of hydrogen-bond donors (Lipinski definition) is 1. The third kappa shape index (κ3) is 4.47. The first-order valence-electron chi connectivity index (χ1n) is 7.54. The molecule has 0 aliphatic carbocycles. The van der Waals surface area contributed by atoms with Crippen molar-refractivity contribution in [2.24, 2.45) is 5.73 Å². The molecule has 1 aromatic carbocycles. The second-order valence-electron chi connectivity index (χ2n) is 5.92. The van der Waals surface area contributed by atoms with Crippen molar-refractivity contribution < 1.29 is 0 Å². The van der Waals surface area contributed by atoms with Gasteiger partial charge in [-0.3, -0.25) is 0 Å². The zero-order valence-electron chi connectivity index (χ0n) is 12.6. The number of hydrogen-bond acceptors (Lipinski definition) is 3. The summed E-state index contributed by atoms with van der Waals surface area (Å²) in [6, 6.07) is 6.70. The van der Waals surface area contributed by atoms with Crippen LogP contribution in [0.2, 0.25) is 0 Å². The Morgan fingerprint density at radius 2 is 2.05 bits per heavy atom. The van der Waals surface area contributed by atoms with E-state index in [2.05, 4.69) is 57.9 Å². The van der Waals surface area contributed by atoms with Gasteiger partial charge in [-0.15, -0.1) is 0 Å². The average molecular weight is 340 g/mol. The van der Waals surface area contributed by atoms with Gasteiger partial charge in [0.25, 0.3) is 0 Å². The van der Waals surface area contributed by atoms with E-state index in [0.717, 1.165) is 24.0 Å². The predicted molar refractivity (Wildman–Crippen MR) is 90.4 cm³/mol. The molecule has 0 radical (unpaired) electrons. The van der Waals surface area contributed by atoms with Crippen molar-refractivity contribution in [1.29, 1.82) is 0 Å². The molecule has 112 valence electrons. The molecule has 1 atom stereocenters. The van der Waals surface area contributed by atoms with Gasteiger partial charge in [0, 0.05) is 36.3 Å². The normalized spacial score (nSPS) is 17.4. The van der Waals surface area contributed by atoms with Gasteiger partial charge in [0.15, 0.2) is 0 Å². The molecule has 0 aromatic heterocycles. The first-order valence-corrected chi connectivity index (χ1v) is 8.33. The van der Waals surface area contributed by atoms with Gasteiger partial charge in [-0.25, -0.2) is 0 Å². The van der Waals surface area contributed by atoms with E-state index in [0.29, 0.717) is 0 Å². The van der Waals surface area contributed by atoms with Crippen LogP contribution in [-0.2, 0) is 6.42 Å². The molecule has 1 saturated heterocycles. The van der Waals surface area contributed by atoms with Crippen molar-refractivity contribution in [1.82, 2.24) is 4.90 Å². The molecule has 3 nitrogen and oxygen atoms in total. The van der Waals surface area contributed by atoms with Crippen LogP contribution in [0.3, 0.4) is 0 Å². The summed E-state index contributed by atoms with van der Waals surface area (Å²) in [5.41, 5.74) is 8.61. The van der Waals surface area contributed by atoms with Crippen LogP contribution < -0.4 is 10.6 Å². The molecule has 0 amide bonds. The molecule has 0 saturated carbocycles. The number of rotatable bonds is 6. The average Bonchev–Trinajstić information content (AvgIpc) is 2.90. The van der Waals surface area contributed by atoms with Crippen LogP contribution >= 0.6 is 15.9 Å². The van der Waals surface area contributed by atoms with Gasteiger partial charge in [0.05, 0.1) is 0 Å². The maximum Gasteiger partial charge on any atom is 0.0408 e. The first-order chi connectivity index (χ1) is 9.56. The highest BCUT2D eigenvalue weighted by Gasteiger charge is 2.14. The molecule has 1 aliphatic heterocycles. The zero-order chi connectivity index (χ0) is 14.5. The van der Waals surface area contributed by atoms with Crippen molar-refractivity contribution in [3.05, 3.63) is 28.2 Å². The third-order valence-electron chi connectivity index (χ3n) is 3.95. The number of nitrogens with zero attached hydrogens (tertiary/aromatic N) is 2. The summed E-state index contributed by atoms with van der Waals surface area (Å²) in [7, 11) is 2.18. The molecule has 1 heterocycles.